The summed E-state index contributed by atoms with van der Waals surface area (Å²) in [4.78, 5) is 6.98. The lowest BCUT2D eigenvalue weighted by Gasteiger charge is -2.18. The van der Waals surface area contributed by atoms with Crippen LogP contribution < -0.4 is 9.47 Å². The number of ether oxygens (including phenoxy) is 2. The summed E-state index contributed by atoms with van der Waals surface area (Å²) in [5.74, 6) is 1.11. The molecule has 5 rings (SSSR count). The van der Waals surface area contributed by atoms with Gasteiger partial charge in [0.2, 0.25) is 11.8 Å². The van der Waals surface area contributed by atoms with E-state index in [0.717, 1.165) is 50.5 Å². The van der Waals surface area contributed by atoms with Crippen LogP contribution >= 0.6 is 0 Å². The lowest BCUT2D eigenvalue weighted by atomic mass is 10.1. The van der Waals surface area contributed by atoms with Crippen molar-refractivity contribution in [1.82, 2.24) is 39.6 Å². The summed E-state index contributed by atoms with van der Waals surface area (Å²) in [5.41, 5.74) is 6.75. The van der Waals surface area contributed by atoms with Crippen LogP contribution in [0.1, 0.15) is 28.3 Å². The van der Waals surface area contributed by atoms with E-state index in [0.29, 0.717) is 31.5 Å². The third-order valence-corrected chi connectivity index (χ3v) is 6.17. The molecule has 2 bridgehead atoms. The number of nitriles is 1. The van der Waals surface area contributed by atoms with Crippen LogP contribution in [0.2, 0.25) is 0 Å². The molecule has 0 amide bonds. The second-order valence-electron chi connectivity index (χ2n) is 8.67. The standard InChI is InChI=1S/C24H27N9O2/c1-14-21-19-12-17-18(27-28-22(17)15(2)26-19)7-6-16-20(32(4)30-23(16)34-10-8-25)13-31(3)9-11-35-24(21)33(5)29-14/h6-7,12H,9-11,13H2,1-5H3,(H,27,28)/b7-6+. The van der Waals surface area contributed by atoms with E-state index in [9.17, 15) is 0 Å². The van der Waals surface area contributed by atoms with Crippen LogP contribution in [-0.2, 0) is 20.6 Å². The number of hydrogen-bond acceptors (Lipinski definition) is 8. The molecule has 1 aliphatic rings. The van der Waals surface area contributed by atoms with Crippen molar-refractivity contribution >= 4 is 23.1 Å². The van der Waals surface area contributed by atoms with Crippen molar-refractivity contribution in [1.29, 1.82) is 5.26 Å². The van der Waals surface area contributed by atoms with Gasteiger partial charge < -0.3 is 9.47 Å². The number of rotatable bonds is 2. The molecular weight excluding hydrogens is 446 g/mol. The number of hydrogen-bond donors (Lipinski definition) is 1. The number of pyridine rings is 1. The van der Waals surface area contributed by atoms with E-state index in [2.05, 4.69) is 25.3 Å². The highest BCUT2D eigenvalue weighted by molar-refractivity contribution is 5.93. The minimum atomic E-state index is -0.0756. The highest BCUT2D eigenvalue weighted by Crippen LogP contribution is 2.35. The molecule has 0 aliphatic carbocycles. The molecule has 0 radical (unpaired) electrons. The Hall–Kier alpha value is -4.17. The van der Waals surface area contributed by atoms with E-state index < -0.39 is 0 Å². The predicted molar refractivity (Wildman–Crippen MR) is 131 cm³/mol. The van der Waals surface area contributed by atoms with Gasteiger partial charge in [-0.3, -0.25) is 19.7 Å². The smallest absolute Gasteiger partial charge is 0.241 e. The van der Waals surface area contributed by atoms with Gasteiger partial charge in [-0.15, -0.1) is 5.10 Å². The topological polar surface area (TPSA) is 123 Å². The first-order valence-corrected chi connectivity index (χ1v) is 11.3. The third kappa shape index (κ3) is 4.02. The molecule has 0 spiro atoms. The highest BCUT2D eigenvalue weighted by atomic mass is 16.5. The summed E-state index contributed by atoms with van der Waals surface area (Å²) < 4.78 is 15.4. The van der Waals surface area contributed by atoms with Crippen molar-refractivity contribution in [2.24, 2.45) is 14.1 Å². The van der Waals surface area contributed by atoms with Crippen LogP contribution in [0, 0.1) is 25.2 Å². The van der Waals surface area contributed by atoms with E-state index in [-0.39, 0.29) is 6.61 Å². The van der Waals surface area contributed by atoms with Gasteiger partial charge in [0.05, 0.1) is 39.6 Å². The van der Waals surface area contributed by atoms with E-state index in [1.54, 1.807) is 9.36 Å². The van der Waals surface area contributed by atoms with Gasteiger partial charge in [-0.25, -0.2) is 4.68 Å². The lowest BCUT2D eigenvalue weighted by Crippen LogP contribution is -2.25. The zero-order valence-corrected chi connectivity index (χ0v) is 20.5. The van der Waals surface area contributed by atoms with Crippen LogP contribution in [0.15, 0.2) is 6.07 Å². The fourth-order valence-corrected chi connectivity index (χ4v) is 4.45. The number of aryl methyl sites for hydroxylation is 4. The van der Waals surface area contributed by atoms with Crippen LogP contribution in [0.4, 0.5) is 0 Å². The number of H-pyrrole nitrogens is 1. The summed E-state index contributed by atoms with van der Waals surface area (Å²) >= 11 is 0. The summed E-state index contributed by atoms with van der Waals surface area (Å²) in [6.07, 6.45) is 3.92. The van der Waals surface area contributed by atoms with Crippen molar-refractivity contribution in [3.05, 3.63) is 34.4 Å². The Morgan fingerprint density at radius 3 is 2.77 bits per heavy atom. The van der Waals surface area contributed by atoms with Gasteiger partial charge in [0.25, 0.3) is 0 Å². The van der Waals surface area contributed by atoms with E-state index in [1.807, 2.05) is 59.3 Å². The quantitative estimate of drug-likeness (QED) is 0.471. The van der Waals surface area contributed by atoms with Crippen molar-refractivity contribution in [2.45, 2.75) is 20.4 Å². The average Bonchev–Trinajstić information content (AvgIpc) is 3.44. The first-order valence-electron chi connectivity index (χ1n) is 11.3. The molecule has 0 aromatic carbocycles. The Morgan fingerprint density at radius 1 is 1.14 bits per heavy atom. The Kier molecular flexibility index (Phi) is 5.74. The number of fused-ring (bicyclic) bond motifs is 4. The maximum atomic E-state index is 9.01. The Bertz CT molecular complexity index is 1490. The molecular formula is C24H27N9O2. The van der Waals surface area contributed by atoms with Crippen molar-refractivity contribution < 1.29 is 9.47 Å². The van der Waals surface area contributed by atoms with Crippen LogP contribution in [0.25, 0.3) is 34.3 Å². The molecule has 180 valence electrons. The highest BCUT2D eigenvalue weighted by Gasteiger charge is 2.22. The maximum absolute atomic E-state index is 9.01. The van der Waals surface area contributed by atoms with Gasteiger partial charge in [0.15, 0.2) is 6.61 Å². The second kappa shape index (κ2) is 8.88. The van der Waals surface area contributed by atoms with Crippen molar-refractivity contribution in [3.63, 3.8) is 0 Å². The molecule has 0 saturated carbocycles. The molecule has 0 unspecified atom stereocenters. The van der Waals surface area contributed by atoms with Gasteiger partial charge in [-0.2, -0.15) is 15.5 Å². The molecule has 0 atom stereocenters. The first kappa shape index (κ1) is 22.6. The summed E-state index contributed by atoms with van der Waals surface area (Å²) in [7, 11) is 5.79. The third-order valence-electron chi connectivity index (χ3n) is 6.17. The number of aromatic nitrogens is 7. The normalized spacial score (nSPS) is 15.1. The van der Waals surface area contributed by atoms with Crippen LogP contribution in [0.3, 0.4) is 0 Å². The largest absolute Gasteiger partial charge is 0.476 e. The predicted octanol–water partition coefficient (Wildman–Crippen LogP) is 2.61. The molecule has 4 aromatic rings. The number of aromatic amines is 1. The molecule has 35 heavy (non-hydrogen) atoms. The van der Waals surface area contributed by atoms with E-state index >= 15 is 0 Å². The Morgan fingerprint density at radius 2 is 1.97 bits per heavy atom. The van der Waals surface area contributed by atoms with Crippen molar-refractivity contribution in [2.75, 3.05) is 26.8 Å². The molecule has 1 aliphatic heterocycles. The zero-order valence-electron chi connectivity index (χ0n) is 20.5. The Labute approximate surface area is 202 Å². The SMILES string of the molecule is Cc1nn(C)c2c1-c1cc3c([nH]nc3c(C)n1)/C=C/c1c(OCC#N)nn(C)c1CN(C)CCO2. The summed E-state index contributed by atoms with van der Waals surface area (Å²) in [6.45, 7) is 5.61. The van der Waals surface area contributed by atoms with Crippen LogP contribution in [0.5, 0.6) is 11.8 Å². The van der Waals surface area contributed by atoms with E-state index in [4.69, 9.17) is 19.7 Å². The minimum Gasteiger partial charge on any atom is -0.476 e. The van der Waals surface area contributed by atoms with Gasteiger partial charge >= 0.3 is 0 Å². The first-order chi connectivity index (χ1) is 16.9. The summed E-state index contributed by atoms with van der Waals surface area (Å²) in [6, 6.07) is 4.04. The molecule has 0 fully saturated rings. The average molecular weight is 474 g/mol. The molecule has 4 aromatic heterocycles. The fourth-order valence-electron chi connectivity index (χ4n) is 4.45. The second-order valence-corrected chi connectivity index (χ2v) is 8.67. The van der Waals surface area contributed by atoms with Gasteiger partial charge in [0.1, 0.15) is 18.2 Å². The van der Waals surface area contributed by atoms with Gasteiger partial charge in [-0.1, -0.05) is 0 Å². The summed E-state index contributed by atoms with van der Waals surface area (Å²) in [5, 5.41) is 26.7. The molecule has 11 heteroatoms. The lowest BCUT2D eigenvalue weighted by molar-refractivity contribution is 0.218. The number of nitrogens with one attached hydrogen (secondary N) is 1. The van der Waals surface area contributed by atoms with E-state index in [1.165, 1.54) is 0 Å². The minimum absolute atomic E-state index is 0.0756. The molecule has 1 N–H and O–H groups in total. The van der Waals surface area contributed by atoms with Gasteiger partial charge in [0, 0.05) is 32.6 Å². The molecule has 11 nitrogen and oxygen atoms in total. The monoisotopic (exact) mass is 473 g/mol. The number of likely N-dealkylation sites (N-methyl/N-ethyl adjacent to an activating group) is 1. The molecule has 0 saturated heterocycles. The fraction of sp³-hybridized carbons (Fsp3) is 0.375. The maximum Gasteiger partial charge on any atom is 0.241 e. The van der Waals surface area contributed by atoms with Crippen molar-refractivity contribution in [3.8, 4) is 29.1 Å². The number of nitrogens with zero attached hydrogens (tertiary/aromatic N) is 8. The molecule has 5 heterocycles. The Balaban J connectivity index is 1.71. The van der Waals surface area contributed by atoms with Crippen LogP contribution in [-0.4, -0.2) is 66.4 Å². The van der Waals surface area contributed by atoms with Gasteiger partial charge in [-0.05, 0) is 39.1 Å². The zero-order chi connectivity index (χ0) is 24.7.